The average molecular weight is 192 g/mol. The second-order valence-corrected chi connectivity index (χ2v) is 4.50. The van der Waals surface area contributed by atoms with Crippen LogP contribution in [0.15, 0.2) is 34.5 Å². The molecule has 1 aliphatic carbocycles. The number of hydrogen-bond donors (Lipinski definition) is 1. The fourth-order valence-electron chi connectivity index (χ4n) is 1.51. The van der Waals surface area contributed by atoms with E-state index in [0.29, 0.717) is 0 Å². The largest absolute Gasteiger partial charge is 0.467 e. The van der Waals surface area contributed by atoms with Gasteiger partial charge in [0.1, 0.15) is 5.76 Å². The van der Waals surface area contributed by atoms with Gasteiger partial charge in [0, 0.05) is 5.56 Å². The van der Waals surface area contributed by atoms with Gasteiger partial charge >= 0.3 is 0 Å². The molecular weight excluding hydrogens is 180 g/mol. The quantitative estimate of drug-likeness (QED) is 0.622. The Bertz CT molecular complexity index is 383. The second kappa shape index (κ2) is 2.81. The van der Waals surface area contributed by atoms with Gasteiger partial charge in [-0.15, -0.1) is 0 Å². The summed E-state index contributed by atoms with van der Waals surface area (Å²) in [5.41, 5.74) is 2.35. The lowest BCUT2D eigenvalue weighted by Gasteiger charge is -2.15. The van der Waals surface area contributed by atoms with Crippen LogP contribution in [0.3, 0.4) is 0 Å². The van der Waals surface area contributed by atoms with Crippen LogP contribution in [0, 0.1) is 0 Å². The number of thiol groups is 1. The molecule has 0 aliphatic heterocycles. The summed E-state index contributed by atoms with van der Waals surface area (Å²) in [5.74, 6) is 0.920. The molecular formula is C11H12OS. The maximum Gasteiger partial charge on any atom is 0.130 e. The summed E-state index contributed by atoms with van der Waals surface area (Å²) in [4.78, 5) is 0. The van der Waals surface area contributed by atoms with Gasteiger partial charge in [0.25, 0.3) is 0 Å². The van der Waals surface area contributed by atoms with Crippen LogP contribution in [0.2, 0.25) is 0 Å². The van der Waals surface area contributed by atoms with Gasteiger partial charge in [0.2, 0.25) is 0 Å². The van der Waals surface area contributed by atoms with Crippen molar-refractivity contribution in [1.29, 1.82) is 0 Å². The first kappa shape index (κ1) is 8.70. The van der Waals surface area contributed by atoms with Crippen LogP contribution in [0.5, 0.6) is 0 Å². The van der Waals surface area contributed by atoms with Crippen molar-refractivity contribution in [3.8, 4) is 0 Å². The lowest BCUT2D eigenvalue weighted by Crippen LogP contribution is -2.09. The Balaban J connectivity index is 2.63. The number of hydrogen-bond acceptors (Lipinski definition) is 2. The molecule has 2 rings (SSSR count). The topological polar surface area (TPSA) is 13.1 Å². The fraction of sp³-hybridized carbons (Fsp3) is 0.273. The van der Waals surface area contributed by atoms with Gasteiger partial charge in [-0.25, -0.2) is 0 Å². The highest BCUT2D eigenvalue weighted by atomic mass is 32.1. The van der Waals surface area contributed by atoms with Gasteiger partial charge in [-0.3, -0.25) is 0 Å². The molecule has 1 unspecified atom stereocenters. The molecule has 0 fully saturated rings. The van der Waals surface area contributed by atoms with Crippen molar-refractivity contribution < 1.29 is 4.42 Å². The zero-order valence-corrected chi connectivity index (χ0v) is 8.64. The molecule has 1 aliphatic rings. The number of furan rings is 1. The third-order valence-corrected chi connectivity index (χ3v) is 2.56. The number of allylic oxidation sites excluding steroid dienone is 2. The highest BCUT2D eigenvalue weighted by molar-refractivity contribution is 7.81. The predicted octanol–water partition coefficient (Wildman–Crippen LogP) is 3.40. The van der Waals surface area contributed by atoms with E-state index < -0.39 is 0 Å². The third-order valence-electron chi connectivity index (χ3n) is 2.21. The van der Waals surface area contributed by atoms with Crippen LogP contribution in [0.4, 0.5) is 0 Å². The maximum absolute atomic E-state index is 5.43. The summed E-state index contributed by atoms with van der Waals surface area (Å²) in [6, 6.07) is 1.97. The normalized spacial score (nSPS) is 26.5. The van der Waals surface area contributed by atoms with Gasteiger partial charge < -0.3 is 4.42 Å². The van der Waals surface area contributed by atoms with Crippen molar-refractivity contribution >= 4 is 18.7 Å². The molecule has 0 N–H and O–H groups in total. The standard InChI is InChI=1S/C11H12OS/c1-8-3-5-11(2,13)10-9(7-8)4-6-12-10/h3-7,13H,1-2H3. The summed E-state index contributed by atoms with van der Waals surface area (Å²) < 4.78 is 5.13. The van der Waals surface area contributed by atoms with Crippen LogP contribution in [0.1, 0.15) is 25.2 Å². The van der Waals surface area contributed by atoms with Crippen LogP contribution in [0.25, 0.3) is 6.08 Å². The first-order chi connectivity index (χ1) is 6.09. The Kier molecular flexibility index (Phi) is 1.88. The SMILES string of the molecule is CC1=Cc2ccoc2C(C)(S)C=C1. The molecule has 0 saturated heterocycles. The van der Waals surface area contributed by atoms with Crippen molar-refractivity contribution in [2.24, 2.45) is 0 Å². The van der Waals surface area contributed by atoms with E-state index in [-0.39, 0.29) is 4.75 Å². The van der Waals surface area contributed by atoms with Crippen molar-refractivity contribution in [2.75, 3.05) is 0 Å². The second-order valence-electron chi connectivity index (χ2n) is 3.57. The van der Waals surface area contributed by atoms with Gasteiger partial charge in [-0.2, -0.15) is 12.6 Å². The Labute approximate surface area is 83.6 Å². The molecule has 0 amide bonds. The van der Waals surface area contributed by atoms with E-state index in [2.05, 4.69) is 37.8 Å². The van der Waals surface area contributed by atoms with E-state index in [1.54, 1.807) is 6.26 Å². The molecule has 0 spiro atoms. The molecule has 0 radical (unpaired) electrons. The third kappa shape index (κ3) is 1.46. The Morgan fingerprint density at radius 2 is 2.23 bits per heavy atom. The molecule has 13 heavy (non-hydrogen) atoms. The van der Waals surface area contributed by atoms with Crippen molar-refractivity contribution in [3.63, 3.8) is 0 Å². The highest BCUT2D eigenvalue weighted by Gasteiger charge is 2.25. The fourth-order valence-corrected chi connectivity index (χ4v) is 1.76. The maximum atomic E-state index is 5.43. The van der Waals surface area contributed by atoms with Crippen molar-refractivity contribution in [1.82, 2.24) is 0 Å². The number of rotatable bonds is 0. The van der Waals surface area contributed by atoms with Crippen LogP contribution >= 0.6 is 12.6 Å². The first-order valence-electron chi connectivity index (χ1n) is 4.27. The van der Waals surface area contributed by atoms with Crippen LogP contribution in [-0.2, 0) is 4.75 Å². The minimum absolute atomic E-state index is 0.299. The first-order valence-corrected chi connectivity index (χ1v) is 4.72. The number of fused-ring (bicyclic) bond motifs is 1. The lowest BCUT2D eigenvalue weighted by molar-refractivity contribution is 0.486. The van der Waals surface area contributed by atoms with Crippen molar-refractivity contribution in [2.45, 2.75) is 18.6 Å². The van der Waals surface area contributed by atoms with Gasteiger partial charge in [0.15, 0.2) is 0 Å². The van der Waals surface area contributed by atoms with E-state index in [0.717, 1.165) is 11.3 Å². The molecule has 68 valence electrons. The summed E-state index contributed by atoms with van der Waals surface area (Å²) >= 11 is 4.56. The van der Waals surface area contributed by atoms with E-state index in [1.807, 2.05) is 13.0 Å². The molecule has 1 atom stereocenters. The van der Waals surface area contributed by atoms with Gasteiger partial charge in [0.05, 0.1) is 11.0 Å². The van der Waals surface area contributed by atoms with Crippen LogP contribution in [-0.4, -0.2) is 0 Å². The highest BCUT2D eigenvalue weighted by Crippen LogP contribution is 2.36. The Morgan fingerprint density at radius 1 is 1.46 bits per heavy atom. The monoisotopic (exact) mass is 192 g/mol. The minimum Gasteiger partial charge on any atom is -0.467 e. The summed E-state index contributed by atoms with van der Waals surface area (Å²) in [5, 5.41) is 0. The van der Waals surface area contributed by atoms with Crippen molar-refractivity contribution in [3.05, 3.63) is 41.4 Å². The van der Waals surface area contributed by atoms with E-state index in [1.165, 1.54) is 5.57 Å². The predicted molar refractivity (Wildman–Crippen MR) is 57.8 cm³/mol. The van der Waals surface area contributed by atoms with E-state index in [9.17, 15) is 0 Å². The molecule has 1 nitrogen and oxygen atoms in total. The Morgan fingerprint density at radius 3 is 3.00 bits per heavy atom. The summed E-state index contributed by atoms with van der Waals surface area (Å²) in [6.07, 6.45) is 7.94. The molecule has 0 aromatic carbocycles. The summed E-state index contributed by atoms with van der Waals surface area (Å²) in [7, 11) is 0. The molecule has 1 aromatic rings. The zero-order chi connectivity index (χ0) is 9.47. The molecule has 1 aromatic heterocycles. The van der Waals surface area contributed by atoms with Crippen LogP contribution < -0.4 is 0 Å². The van der Waals surface area contributed by atoms with E-state index >= 15 is 0 Å². The van der Waals surface area contributed by atoms with Gasteiger partial charge in [-0.05, 0) is 26.0 Å². The summed E-state index contributed by atoms with van der Waals surface area (Å²) in [6.45, 7) is 4.10. The van der Waals surface area contributed by atoms with E-state index in [4.69, 9.17) is 4.42 Å². The molecule has 1 heterocycles. The molecule has 2 heteroatoms. The molecule has 0 saturated carbocycles. The Hall–Kier alpha value is -0.890. The lowest BCUT2D eigenvalue weighted by atomic mass is 10.1. The zero-order valence-electron chi connectivity index (χ0n) is 7.74. The smallest absolute Gasteiger partial charge is 0.130 e. The molecule has 0 bridgehead atoms. The minimum atomic E-state index is -0.299. The van der Waals surface area contributed by atoms with Gasteiger partial charge in [-0.1, -0.05) is 17.7 Å². The average Bonchev–Trinajstić information content (AvgIpc) is 2.46.